The predicted molar refractivity (Wildman–Crippen MR) is 78.1 cm³/mol. The SMILES string of the molecule is COc1ccc(C(=O)CN2CCC(C(C)O)CC2)cc1F. The predicted octanol–water partition coefficient (Wildman–Crippen LogP) is 2.11. The van der Waals surface area contributed by atoms with Crippen molar-refractivity contribution >= 4 is 5.78 Å². The number of hydrogen-bond acceptors (Lipinski definition) is 4. The summed E-state index contributed by atoms with van der Waals surface area (Å²) in [6, 6.07) is 4.29. The molecule has 21 heavy (non-hydrogen) atoms. The van der Waals surface area contributed by atoms with Gasteiger partial charge in [0.05, 0.1) is 19.8 Å². The van der Waals surface area contributed by atoms with E-state index in [2.05, 4.69) is 4.90 Å². The second-order valence-corrected chi connectivity index (χ2v) is 5.63. The molecular formula is C16H22FNO3. The number of halogens is 1. The van der Waals surface area contributed by atoms with Crippen LogP contribution in [0.5, 0.6) is 5.75 Å². The van der Waals surface area contributed by atoms with Gasteiger partial charge in [-0.3, -0.25) is 9.69 Å². The first-order valence-corrected chi connectivity index (χ1v) is 7.28. The normalized spacial score (nSPS) is 18.5. The number of nitrogens with zero attached hydrogens (tertiary/aromatic N) is 1. The van der Waals surface area contributed by atoms with Gasteiger partial charge in [0.1, 0.15) is 0 Å². The Kier molecular flexibility index (Phi) is 5.31. The lowest BCUT2D eigenvalue weighted by molar-refractivity contribution is 0.0664. The topological polar surface area (TPSA) is 49.8 Å². The summed E-state index contributed by atoms with van der Waals surface area (Å²) >= 11 is 0. The van der Waals surface area contributed by atoms with Gasteiger partial charge in [0, 0.05) is 5.56 Å². The molecular weight excluding hydrogens is 273 g/mol. The summed E-state index contributed by atoms with van der Waals surface area (Å²) in [6.45, 7) is 3.68. The Morgan fingerprint density at radius 3 is 2.67 bits per heavy atom. The number of likely N-dealkylation sites (tertiary alicyclic amines) is 1. The molecule has 0 amide bonds. The van der Waals surface area contributed by atoms with E-state index in [0.717, 1.165) is 25.9 Å². The van der Waals surface area contributed by atoms with Crippen molar-refractivity contribution in [2.24, 2.45) is 5.92 Å². The number of rotatable bonds is 5. The summed E-state index contributed by atoms with van der Waals surface area (Å²) in [5.74, 6) is -0.151. The molecule has 1 aromatic rings. The first kappa shape index (κ1) is 15.9. The highest BCUT2D eigenvalue weighted by Gasteiger charge is 2.24. The highest BCUT2D eigenvalue weighted by molar-refractivity contribution is 5.97. The number of piperidine rings is 1. The molecule has 1 unspecified atom stereocenters. The lowest BCUT2D eigenvalue weighted by Gasteiger charge is -2.32. The molecule has 0 aromatic heterocycles. The van der Waals surface area contributed by atoms with Crippen LogP contribution in [0.15, 0.2) is 18.2 Å². The molecule has 1 atom stereocenters. The van der Waals surface area contributed by atoms with Crippen molar-refractivity contribution < 1.29 is 19.0 Å². The third-order valence-electron chi connectivity index (χ3n) is 4.16. The fourth-order valence-corrected chi connectivity index (χ4v) is 2.73. The molecule has 0 spiro atoms. The minimum absolute atomic E-state index is 0.0907. The summed E-state index contributed by atoms with van der Waals surface area (Å²) in [7, 11) is 1.40. The smallest absolute Gasteiger partial charge is 0.176 e. The number of Topliss-reactive ketones (excluding diaryl/α,β-unsaturated/α-hetero) is 1. The van der Waals surface area contributed by atoms with Gasteiger partial charge in [-0.15, -0.1) is 0 Å². The monoisotopic (exact) mass is 295 g/mol. The van der Waals surface area contributed by atoms with E-state index in [1.54, 1.807) is 6.07 Å². The molecule has 2 rings (SSSR count). The average molecular weight is 295 g/mol. The van der Waals surface area contributed by atoms with E-state index in [0.29, 0.717) is 11.5 Å². The maximum absolute atomic E-state index is 13.6. The van der Waals surface area contributed by atoms with Crippen molar-refractivity contribution in [3.8, 4) is 5.75 Å². The van der Waals surface area contributed by atoms with Crippen molar-refractivity contribution in [2.75, 3.05) is 26.7 Å². The van der Waals surface area contributed by atoms with Crippen LogP contribution in [-0.4, -0.2) is 48.6 Å². The zero-order valence-electron chi connectivity index (χ0n) is 12.5. The number of carbonyl (C=O) groups excluding carboxylic acids is 1. The van der Waals surface area contributed by atoms with Crippen LogP contribution in [0.3, 0.4) is 0 Å². The largest absolute Gasteiger partial charge is 0.494 e. The van der Waals surface area contributed by atoms with Gasteiger partial charge in [-0.05, 0) is 57.0 Å². The number of ketones is 1. The van der Waals surface area contributed by atoms with Gasteiger partial charge in [0.15, 0.2) is 17.3 Å². The molecule has 1 N–H and O–H groups in total. The number of aliphatic hydroxyl groups excluding tert-OH is 1. The zero-order valence-corrected chi connectivity index (χ0v) is 12.5. The van der Waals surface area contributed by atoms with Crippen LogP contribution in [0.2, 0.25) is 0 Å². The highest BCUT2D eigenvalue weighted by atomic mass is 19.1. The van der Waals surface area contributed by atoms with Crippen LogP contribution >= 0.6 is 0 Å². The Morgan fingerprint density at radius 1 is 1.48 bits per heavy atom. The van der Waals surface area contributed by atoms with E-state index in [1.165, 1.54) is 19.2 Å². The molecule has 0 saturated carbocycles. The molecule has 1 aromatic carbocycles. The van der Waals surface area contributed by atoms with Gasteiger partial charge in [-0.2, -0.15) is 0 Å². The van der Waals surface area contributed by atoms with Crippen LogP contribution in [0, 0.1) is 11.7 Å². The van der Waals surface area contributed by atoms with Crippen LogP contribution in [0.25, 0.3) is 0 Å². The summed E-state index contributed by atoms with van der Waals surface area (Å²) in [4.78, 5) is 14.2. The zero-order chi connectivity index (χ0) is 15.4. The van der Waals surface area contributed by atoms with Crippen LogP contribution in [0.4, 0.5) is 4.39 Å². The fourth-order valence-electron chi connectivity index (χ4n) is 2.73. The van der Waals surface area contributed by atoms with Crippen molar-refractivity contribution in [3.63, 3.8) is 0 Å². The van der Waals surface area contributed by atoms with Crippen molar-refractivity contribution in [3.05, 3.63) is 29.6 Å². The molecule has 4 nitrogen and oxygen atoms in total. The van der Waals surface area contributed by atoms with E-state index in [-0.39, 0.29) is 24.2 Å². The molecule has 116 valence electrons. The number of carbonyl (C=O) groups is 1. The molecule has 0 bridgehead atoms. The number of methoxy groups -OCH3 is 1. The first-order chi connectivity index (χ1) is 10.0. The Labute approximate surface area is 124 Å². The second-order valence-electron chi connectivity index (χ2n) is 5.63. The average Bonchev–Trinajstić information content (AvgIpc) is 2.47. The second kappa shape index (κ2) is 7.00. The number of ether oxygens (including phenoxy) is 1. The summed E-state index contributed by atoms with van der Waals surface area (Å²) in [5.41, 5.74) is 0.367. The van der Waals surface area contributed by atoms with Crippen molar-refractivity contribution in [1.29, 1.82) is 0 Å². The van der Waals surface area contributed by atoms with Crippen LogP contribution < -0.4 is 4.74 Å². The minimum Gasteiger partial charge on any atom is -0.494 e. The Balaban J connectivity index is 1.92. The third kappa shape index (κ3) is 4.02. The Bertz CT molecular complexity index is 496. The lowest BCUT2D eigenvalue weighted by Crippen LogP contribution is -2.39. The van der Waals surface area contributed by atoms with Gasteiger partial charge in [-0.25, -0.2) is 4.39 Å². The van der Waals surface area contributed by atoms with Gasteiger partial charge in [-0.1, -0.05) is 0 Å². The standard InChI is InChI=1S/C16H22FNO3/c1-11(19)12-5-7-18(8-6-12)10-15(20)13-3-4-16(21-2)14(17)9-13/h3-4,9,11-12,19H,5-8,10H2,1-2H3. The quantitative estimate of drug-likeness (QED) is 0.845. The van der Waals surface area contributed by atoms with Crippen LogP contribution in [-0.2, 0) is 0 Å². The van der Waals surface area contributed by atoms with Gasteiger partial charge in [0.2, 0.25) is 0 Å². The molecule has 0 radical (unpaired) electrons. The maximum Gasteiger partial charge on any atom is 0.176 e. The summed E-state index contributed by atoms with van der Waals surface area (Å²) in [5, 5.41) is 9.56. The summed E-state index contributed by atoms with van der Waals surface area (Å²) in [6.07, 6.45) is 1.49. The van der Waals surface area contributed by atoms with E-state index < -0.39 is 5.82 Å². The number of benzene rings is 1. The van der Waals surface area contributed by atoms with E-state index in [1.807, 2.05) is 6.92 Å². The summed E-state index contributed by atoms with van der Waals surface area (Å²) < 4.78 is 18.5. The van der Waals surface area contributed by atoms with E-state index in [4.69, 9.17) is 4.74 Å². The van der Waals surface area contributed by atoms with Crippen molar-refractivity contribution in [1.82, 2.24) is 4.90 Å². The van der Waals surface area contributed by atoms with Gasteiger partial charge in [0.25, 0.3) is 0 Å². The number of hydrogen-bond donors (Lipinski definition) is 1. The minimum atomic E-state index is -0.517. The molecule has 0 aliphatic carbocycles. The first-order valence-electron chi connectivity index (χ1n) is 7.28. The van der Waals surface area contributed by atoms with E-state index in [9.17, 15) is 14.3 Å². The molecule has 1 aliphatic heterocycles. The van der Waals surface area contributed by atoms with Crippen molar-refractivity contribution in [2.45, 2.75) is 25.9 Å². The fraction of sp³-hybridized carbons (Fsp3) is 0.562. The Morgan fingerprint density at radius 2 is 2.14 bits per heavy atom. The Hall–Kier alpha value is -1.46. The highest BCUT2D eigenvalue weighted by Crippen LogP contribution is 2.22. The molecule has 5 heteroatoms. The van der Waals surface area contributed by atoms with Gasteiger partial charge < -0.3 is 9.84 Å². The molecule has 1 heterocycles. The maximum atomic E-state index is 13.6. The van der Waals surface area contributed by atoms with E-state index >= 15 is 0 Å². The van der Waals surface area contributed by atoms with Crippen LogP contribution in [0.1, 0.15) is 30.1 Å². The molecule has 1 fully saturated rings. The lowest BCUT2D eigenvalue weighted by atomic mass is 9.92. The van der Waals surface area contributed by atoms with Gasteiger partial charge >= 0.3 is 0 Å². The third-order valence-corrected chi connectivity index (χ3v) is 4.16. The molecule has 1 saturated heterocycles. The number of aliphatic hydroxyl groups is 1. The molecule has 1 aliphatic rings.